The van der Waals surface area contributed by atoms with Gasteiger partial charge in [-0.25, -0.2) is 22.2 Å². The molecular formula is C24H17F2N5O3S. The van der Waals surface area contributed by atoms with Crippen molar-refractivity contribution in [3.05, 3.63) is 71.9 Å². The zero-order chi connectivity index (χ0) is 24.7. The van der Waals surface area contributed by atoms with Crippen LogP contribution in [0.5, 0.6) is 0 Å². The van der Waals surface area contributed by atoms with Gasteiger partial charge in [0.1, 0.15) is 11.5 Å². The summed E-state index contributed by atoms with van der Waals surface area (Å²) in [5.74, 6) is -2.01. The molecule has 0 bridgehead atoms. The number of nitrogens with zero attached hydrogens (tertiary/aromatic N) is 3. The first-order valence-corrected chi connectivity index (χ1v) is 12.0. The number of hydrogen-bond donors (Lipinski definition) is 2. The molecular weight excluding hydrogens is 476 g/mol. The normalized spacial score (nSPS) is 13.4. The van der Waals surface area contributed by atoms with Gasteiger partial charge in [0.2, 0.25) is 6.41 Å². The van der Waals surface area contributed by atoms with Gasteiger partial charge < -0.3 is 4.98 Å². The number of aromatic nitrogens is 2. The Morgan fingerprint density at radius 1 is 1.09 bits per heavy atom. The summed E-state index contributed by atoms with van der Waals surface area (Å²) in [5.41, 5.74) is 1.93. The highest BCUT2D eigenvalue weighted by atomic mass is 32.2. The summed E-state index contributed by atoms with van der Waals surface area (Å²) >= 11 is 0. The van der Waals surface area contributed by atoms with E-state index in [9.17, 15) is 27.3 Å². The average Bonchev–Trinajstić information content (AvgIpc) is 3.56. The number of aromatic amines is 1. The summed E-state index contributed by atoms with van der Waals surface area (Å²) in [4.78, 5) is 20.3. The number of amides is 1. The quantitative estimate of drug-likeness (QED) is 0.372. The molecule has 4 aromatic rings. The van der Waals surface area contributed by atoms with Crippen LogP contribution in [0, 0.1) is 23.0 Å². The van der Waals surface area contributed by atoms with Gasteiger partial charge in [0.15, 0.2) is 11.6 Å². The minimum atomic E-state index is -4.23. The summed E-state index contributed by atoms with van der Waals surface area (Å²) in [6, 6.07) is 12.3. The Hall–Kier alpha value is -4.30. The van der Waals surface area contributed by atoms with Crippen molar-refractivity contribution in [1.29, 1.82) is 5.26 Å². The Morgan fingerprint density at radius 3 is 2.57 bits per heavy atom. The summed E-state index contributed by atoms with van der Waals surface area (Å²) in [5, 5.41) is 10.5. The number of pyridine rings is 1. The second-order valence-corrected chi connectivity index (χ2v) is 9.75. The highest BCUT2D eigenvalue weighted by Crippen LogP contribution is 2.37. The smallest absolute Gasteiger partial charge is 0.261 e. The molecule has 5 rings (SSSR count). The molecule has 1 amide bonds. The van der Waals surface area contributed by atoms with Crippen LogP contribution in [-0.4, -0.2) is 30.8 Å². The molecule has 2 aromatic heterocycles. The highest BCUT2D eigenvalue weighted by Gasteiger charge is 2.30. The molecule has 1 aliphatic rings. The van der Waals surface area contributed by atoms with Crippen molar-refractivity contribution in [3.63, 3.8) is 0 Å². The van der Waals surface area contributed by atoms with Crippen LogP contribution in [0.4, 0.5) is 20.3 Å². The SMILES string of the molecule is N#Cc1cc(NS(=O)(=O)c2ccc(F)c(F)c2)ccc1-c1cc(N(C=O)C2CC2)nc2[nH]ccc12. The molecule has 11 heteroatoms. The number of H-pyrrole nitrogens is 1. The van der Waals surface area contributed by atoms with E-state index in [1.54, 1.807) is 29.3 Å². The lowest BCUT2D eigenvalue weighted by atomic mass is 9.98. The molecule has 0 aliphatic heterocycles. The van der Waals surface area contributed by atoms with Crippen LogP contribution in [0.2, 0.25) is 0 Å². The fraction of sp³-hybridized carbons (Fsp3) is 0.125. The second-order valence-electron chi connectivity index (χ2n) is 8.07. The number of carbonyl (C=O) groups excluding carboxylic acids is 1. The van der Waals surface area contributed by atoms with E-state index in [1.165, 1.54) is 12.1 Å². The van der Waals surface area contributed by atoms with E-state index in [0.29, 0.717) is 28.7 Å². The third kappa shape index (κ3) is 4.20. The lowest BCUT2D eigenvalue weighted by Crippen LogP contribution is -2.24. The lowest BCUT2D eigenvalue weighted by Gasteiger charge is -2.17. The Kier molecular flexibility index (Phi) is 5.45. The largest absolute Gasteiger partial charge is 0.346 e. The van der Waals surface area contributed by atoms with E-state index in [-0.39, 0.29) is 17.3 Å². The maximum atomic E-state index is 13.5. The monoisotopic (exact) mass is 493 g/mol. The molecule has 1 aliphatic carbocycles. The zero-order valence-corrected chi connectivity index (χ0v) is 18.8. The third-order valence-electron chi connectivity index (χ3n) is 5.72. The highest BCUT2D eigenvalue weighted by molar-refractivity contribution is 7.92. The number of nitriles is 1. The molecule has 0 saturated heterocycles. The van der Waals surface area contributed by atoms with Gasteiger partial charge in [0, 0.05) is 23.2 Å². The molecule has 0 spiro atoms. The number of fused-ring (bicyclic) bond motifs is 1. The van der Waals surface area contributed by atoms with E-state index >= 15 is 0 Å². The van der Waals surface area contributed by atoms with Gasteiger partial charge >= 0.3 is 0 Å². The van der Waals surface area contributed by atoms with Crippen LogP contribution >= 0.6 is 0 Å². The molecule has 0 unspecified atom stereocenters. The van der Waals surface area contributed by atoms with Crippen LogP contribution < -0.4 is 9.62 Å². The summed E-state index contributed by atoms with van der Waals surface area (Å²) in [6.45, 7) is 0. The molecule has 2 aromatic carbocycles. The van der Waals surface area contributed by atoms with Gasteiger partial charge in [-0.3, -0.25) is 14.4 Å². The van der Waals surface area contributed by atoms with Crippen LogP contribution in [-0.2, 0) is 14.8 Å². The van der Waals surface area contributed by atoms with E-state index in [2.05, 4.69) is 20.8 Å². The van der Waals surface area contributed by atoms with Gasteiger partial charge in [-0.2, -0.15) is 5.26 Å². The minimum absolute atomic E-state index is 0.0714. The third-order valence-corrected chi connectivity index (χ3v) is 7.10. The lowest BCUT2D eigenvalue weighted by molar-refractivity contribution is -0.107. The zero-order valence-electron chi connectivity index (χ0n) is 18.0. The van der Waals surface area contributed by atoms with Crippen molar-refractivity contribution >= 4 is 39.0 Å². The van der Waals surface area contributed by atoms with Gasteiger partial charge in [0.05, 0.1) is 22.2 Å². The van der Waals surface area contributed by atoms with Crippen LogP contribution in [0.1, 0.15) is 18.4 Å². The number of halogens is 2. The maximum Gasteiger partial charge on any atom is 0.261 e. The van der Waals surface area contributed by atoms with Gasteiger partial charge in [-0.1, -0.05) is 6.07 Å². The molecule has 1 saturated carbocycles. The van der Waals surface area contributed by atoms with Crippen molar-refractivity contribution in [2.45, 2.75) is 23.8 Å². The number of carbonyl (C=O) groups is 1. The van der Waals surface area contributed by atoms with Crippen molar-refractivity contribution in [1.82, 2.24) is 9.97 Å². The van der Waals surface area contributed by atoms with E-state index in [4.69, 9.17) is 0 Å². The molecule has 2 N–H and O–H groups in total. The molecule has 8 nitrogen and oxygen atoms in total. The standard InChI is InChI=1S/C24H17F2N5O3S/c25-21-6-4-17(10-22(21)26)35(33,34)30-15-1-5-18(14(9-15)12-27)20-11-23(31(13-32)16-2-3-16)29-24-19(20)7-8-28-24/h1,4-11,13,16,30H,2-3H2,(H,28,29). The Morgan fingerprint density at radius 2 is 1.89 bits per heavy atom. The van der Waals surface area contributed by atoms with Crippen LogP contribution in [0.25, 0.3) is 22.2 Å². The predicted molar refractivity (Wildman–Crippen MR) is 125 cm³/mol. The molecule has 0 radical (unpaired) electrons. The Balaban J connectivity index is 1.55. The number of rotatable bonds is 7. The van der Waals surface area contributed by atoms with E-state index < -0.39 is 26.6 Å². The molecule has 35 heavy (non-hydrogen) atoms. The number of anilines is 2. The van der Waals surface area contributed by atoms with Gasteiger partial charge in [0.25, 0.3) is 10.0 Å². The molecule has 2 heterocycles. The van der Waals surface area contributed by atoms with E-state index in [1.807, 2.05) is 0 Å². The maximum absolute atomic E-state index is 13.5. The average molecular weight is 493 g/mol. The van der Waals surface area contributed by atoms with Crippen LogP contribution in [0.3, 0.4) is 0 Å². The number of benzene rings is 2. The second kappa shape index (κ2) is 8.48. The first-order valence-electron chi connectivity index (χ1n) is 10.5. The fourth-order valence-electron chi connectivity index (χ4n) is 3.85. The van der Waals surface area contributed by atoms with E-state index in [0.717, 1.165) is 36.8 Å². The van der Waals surface area contributed by atoms with Gasteiger partial charge in [-0.05, 0) is 60.9 Å². The van der Waals surface area contributed by atoms with Crippen LogP contribution in [0.15, 0.2) is 59.6 Å². The first kappa shape index (κ1) is 22.5. The molecule has 176 valence electrons. The summed E-state index contributed by atoms with van der Waals surface area (Å²) < 4.78 is 54.3. The number of nitrogens with one attached hydrogen (secondary N) is 2. The number of sulfonamides is 1. The van der Waals surface area contributed by atoms with Crippen molar-refractivity contribution < 1.29 is 22.0 Å². The summed E-state index contributed by atoms with van der Waals surface area (Å²) in [7, 11) is -4.23. The Labute approximate surface area is 198 Å². The van der Waals surface area contributed by atoms with Crippen molar-refractivity contribution in [2.24, 2.45) is 0 Å². The molecule has 0 atom stereocenters. The summed E-state index contributed by atoms with van der Waals surface area (Å²) in [6.07, 6.45) is 4.20. The molecule has 1 fully saturated rings. The minimum Gasteiger partial charge on any atom is -0.346 e. The number of hydrogen-bond acceptors (Lipinski definition) is 5. The van der Waals surface area contributed by atoms with Gasteiger partial charge in [-0.15, -0.1) is 0 Å². The fourth-order valence-corrected chi connectivity index (χ4v) is 4.91. The topological polar surface area (TPSA) is 119 Å². The van der Waals surface area contributed by atoms with Crippen molar-refractivity contribution in [2.75, 3.05) is 9.62 Å². The Bertz CT molecular complexity index is 1620. The predicted octanol–water partition coefficient (Wildman–Crippen LogP) is 4.31. The van der Waals surface area contributed by atoms with Crippen molar-refractivity contribution in [3.8, 4) is 17.2 Å². The first-order chi connectivity index (χ1) is 16.8.